The van der Waals surface area contributed by atoms with E-state index in [1.165, 1.54) is 70.6 Å². The molecule has 0 bridgehead atoms. The van der Waals surface area contributed by atoms with Crippen molar-refractivity contribution in [3.63, 3.8) is 0 Å². The van der Waals surface area contributed by atoms with Crippen LogP contribution in [0.25, 0.3) is 0 Å². The van der Waals surface area contributed by atoms with E-state index in [0.717, 1.165) is 77.0 Å². The number of aliphatic hydroxyl groups excluding tert-OH is 7. The SMILES string of the molecule is CCCC/C=C\C/C=C\CCCCCCCCOCC(COC1OC(COC2OC(CO)C(O)C(O)C2O)C(O)C(O)C1O)OC(=O)CCCCCCCCC/C=C\C/C=C\CCCCC. The lowest BCUT2D eigenvalue weighted by molar-refractivity contribution is -0.332. The third-order valence-electron chi connectivity index (χ3n) is 12.1. The van der Waals surface area contributed by atoms with E-state index in [1.54, 1.807) is 0 Å². The molecule has 0 aromatic carbocycles. The summed E-state index contributed by atoms with van der Waals surface area (Å²) < 4.78 is 34.3. The molecule has 2 rings (SSSR count). The molecule has 2 heterocycles. The number of esters is 1. The van der Waals surface area contributed by atoms with Crippen molar-refractivity contribution in [1.82, 2.24) is 0 Å². The van der Waals surface area contributed by atoms with Gasteiger partial charge >= 0.3 is 5.97 Å². The largest absolute Gasteiger partial charge is 0.457 e. The monoisotopic (exact) mass is 941 g/mol. The van der Waals surface area contributed by atoms with Gasteiger partial charge in [-0.2, -0.15) is 0 Å². The van der Waals surface area contributed by atoms with Gasteiger partial charge in [0.15, 0.2) is 12.6 Å². The first-order valence-electron chi connectivity index (χ1n) is 25.7. The van der Waals surface area contributed by atoms with Crippen LogP contribution in [0.15, 0.2) is 48.6 Å². The molecule has 66 heavy (non-hydrogen) atoms. The Balaban J connectivity index is 1.78. The van der Waals surface area contributed by atoms with Crippen molar-refractivity contribution in [3.05, 3.63) is 48.6 Å². The summed E-state index contributed by atoms with van der Waals surface area (Å²) in [6.45, 7) is 3.58. The number of allylic oxidation sites excluding steroid dienone is 8. The Labute approximate surface area is 397 Å². The predicted octanol–water partition coefficient (Wildman–Crippen LogP) is 7.57. The first-order valence-corrected chi connectivity index (χ1v) is 25.7. The average Bonchev–Trinajstić information content (AvgIpc) is 3.31. The molecule has 0 aliphatic carbocycles. The molecule has 14 heteroatoms. The molecule has 2 aliphatic rings. The molecule has 2 saturated heterocycles. The summed E-state index contributed by atoms with van der Waals surface area (Å²) in [6.07, 6.45) is 28.8. The van der Waals surface area contributed by atoms with Gasteiger partial charge in [0, 0.05) is 13.0 Å². The van der Waals surface area contributed by atoms with Gasteiger partial charge in [-0.05, 0) is 70.6 Å². The lowest BCUT2D eigenvalue weighted by atomic mass is 9.98. The fourth-order valence-electron chi connectivity index (χ4n) is 7.80. The van der Waals surface area contributed by atoms with Crippen molar-refractivity contribution in [2.75, 3.05) is 33.0 Å². The van der Waals surface area contributed by atoms with Crippen molar-refractivity contribution in [3.8, 4) is 0 Å². The zero-order chi connectivity index (χ0) is 48.0. The zero-order valence-electron chi connectivity index (χ0n) is 40.7. The highest BCUT2D eigenvalue weighted by Gasteiger charge is 2.47. The van der Waals surface area contributed by atoms with E-state index in [-0.39, 0.29) is 25.6 Å². The molecule has 2 fully saturated rings. The fraction of sp³-hybridized carbons (Fsp3) is 0.827. The Morgan fingerprint density at radius 2 is 0.955 bits per heavy atom. The summed E-state index contributed by atoms with van der Waals surface area (Å²) in [5, 5.41) is 72.1. The highest BCUT2D eigenvalue weighted by atomic mass is 16.7. The van der Waals surface area contributed by atoms with Gasteiger partial charge in [-0.25, -0.2) is 0 Å². The molecular weight excluding hydrogens is 849 g/mol. The van der Waals surface area contributed by atoms with Crippen molar-refractivity contribution in [2.45, 2.75) is 242 Å². The number of ether oxygens (including phenoxy) is 6. The fourth-order valence-corrected chi connectivity index (χ4v) is 7.80. The summed E-state index contributed by atoms with van der Waals surface area (Å²) in [6, 6.07) is 0. The number of rotatable bonds is 40. The highest BCUT2D eigenvalue weighted by molar-refractivity contribution is 5.69. The van der Waals surface area contributed by atoms with Crippen LogP contribution in [0.2, 0.25) is 0 Å². The van der Waals surface area contributed by atoms with Gasteiger partial charge in [-0.15, -0.1) is 0 Å². The molecule has 14 nitrogen and oxygen atoms in total. The number of aliphatic hydroxyl groups is 7. The topological polar surface area (TPSA) is 214 Å². The molecule has 0 aromatic heterocycles. The minimum Gasteiger partial charge on any atom is -0.457 e. The molecule has 0 aromatic rings. The second kappa shape index (κ2) is 39.8. The Kier molecular flexibility index (Phi) is 36.2. The van der Waals surface area contributed by atoms with E-state index in [0.29, 0.717) is 13.0 Å². The van der Waals surface area contributed by atoms with E-state index in [9.17, 15) is 40.5 Å². The third kappa shape index (κ3) is 27.2. The smallest absolute Gasteiger partial charge is 0.306 e. The number of unbranched alkanes of at least 4 members (excludes halogenated alkanes) is 18. The van der Waals surface area contributed by atoms with Gasteiger partial charge in [-0.3, -0.25) is 4.79 Å². The van der Waals surface area contributed by atoms with Crippen LogP contribution in [0, 0.1) is 0 Å². The van der Waals surface area contributed by atoms with Crippen LogP contribution >= 0.6 is 0 Å². The lowest BCUT2D eigenvalue weighted by Gasteiger charge is -2.42. The van der Waals surface area contributed by atoms with E-state index in [4.69, 9.17) is 28.4 Å². The summed E-state index contributed by atoms with van der Waals surface area (Å²) >= 11 is 0. The molecule has 2 aliphatic heterocycles. The Hall–Kier alpha value is -2.05. The first-order chi connectivity index (χ1) is 32.1. The molecule has 384 valence electrons. The number of carbonyl (C=O) groups excluding carboxylic acids is 1. The van der Waals surface area contributed by atoms with Gasteiger partial charge in [0.25, 0.3) is 0 Å². The average molecular weight is 941 g/mol. The second-order valence-electron chi connectivity index (χ2n) is 18.0. The molecule has 7 N–H and O–H groups in total. The molecule has 0 spiro atoms. The van der Waals surface area contributed by atoms with Crippen molar-refractivity contribution >= 4 is 5.97 Å². The van der Waals surface area contributed by atoms with Crippen LogP contribution in [0.3, 0.4) is 0 Å². The molecule has 0 radical (unpaired) electrons. The minimum absolute atomic E-state index is 0.0500. The van der Waals surface area contributed by atoms with Crippen LogP contribution < -0.4 is 0 Å². The molecule has 0 amide bonds. The second-order valence-corrected chi connectivity index (χ2v) is 18.0. The first kappa shape index (κ1) is 60.1. The van der Waals surface area contributed by atoms with Crippen LogP contribution in [-0.4, -0.2) is 142 Å². The molecule has 11 unspecified atom stereocenters. The quantitative estimate of drug-likeness (QED) is 0.0179. The van der Waals surface area contributed by atoms with Crippen LogP contribution in [0.4, 0.5) is 0 Å². The predicted molar refractivity (Wildman–Crippen MR) is 256 cm³/mol. The molecular formula is C52H92O14. The summed E-state index contributed by atoms with van der Waals surface area (Å²) in [4.78, 5) is 13.0. The van der Waals surface area contributed by atoms with Crippen LogP contribution in [-0.2, 0) is 33.2 Å². The van der Waals surface area contributed by atoms with E-state index < -0.39 is 80.7 Å². The van der Waals surface area contributed by atoms with Crippen LogP contribution in [0.1, 0.15) is 174 Å². The normalized spacial score (nSPS) is 26.7. The molecule has 11 atom stereocenters. The summed E-state index contributed by atoms with van der Waals surface area (Å²) in [5.74, 6) is -0.389. The Bertz CT molecular complexity index is 1280. The maximum absolute atomic E-state index is 13.0. The van der Waals surface area contributed by atoms with Crippen molar-refractivity contribution < 1.29 is 69.0 Å². The Morgan fingerprint density at radius 3 is 1.50 bits per heavy atom. The number of hydrogen-bond acceptors (Lipinski definition) is 14. The summed E-state index contributed by atoms with van der Waals surface area (Å²) in [5.41, 5.74) is 0. The van der Waals surface area contributed by atoms with E-state index in [2.05, 4.69) is 62.5 Å². The summed E-state index contributed by atoms with van der Waals surface area (Å²) in [7, 11) is 0. The van der Waals surface area contributed by atoms with Crippen molar-refractivity contribution in [1.29, 1.82) is 0 Å². The van der Waals surface area contributed by atoms with Gasteiger partial charge < -0.3 is 64.2 Å². The molecule has 0 saturated carbocycles. The van der Waals surface area contributed by atoms with Crippen molar-refractivity contribution in [2.24, 2.45) is 0 Å². The number of carbonyl (C=O) groups is 1. The minimum atomic E-state index is -1.71. The Morgan fingerprint density at radius 1 is 0.500 bits per heavy atom. The van der Waals surface area contributed by atoms with Gasteiger partial charge in [0.1, 0.15) is 54.9 Å². The van der Waals surface area contributed by atoms with Gasteiger partial charge in [0.2, 0.25) is 0 Å². The number of hydrogen-bond donors (Lipinski definition) is 7. The van der Waals surface area contributed by atoms with Gasteiger partial charge in [0.05, 0.1) is 26.4 Å². The van der Waals surface area contributed by atoms with Gasteiger partial charge in [-0.1, -0.05) is 146 Å². The van der Waals surface area contributed by atoms with E-state index in [1.807, 2.05) is 0 Å². The standard InChI is InChI=1S/C52H92O14/c1-3-5-7-9-11-13-15-17-19-20-21-23-25-27-29-31-33-35-44(54)64-41(38-61-36-34-32-30-28-26-24-22-18-16-14-12-10-8-6-4-2)39-62-51-50(60)48(58)46(56)43(66-51)40-63-52-49(59)47(57)45(55)42(37-53)65-52/h10-13,16-19,41-43,45-53,55-60H,3-9,14-15,20-40H2,1-2H3/b12-10-,13-11-,18-16-,19-17-. The zero-order valence-corrected chi connectivity index (χ0v) is 40.7. The maximum atomic E-state index is 13.0. The van der Waals surface area contributed by atoms with Crippen LogP contribution in [0.5, 0.6) is 0 Å². The maximum Gasteiger partial charge on any atom is 0.306 e. The third-order valence-corrected chi connectivity index (χ3v) is 12.1. The highest BCUT2D eigenvalue weighted by Crippen LogP contribution is 2.26. The lowest BCUT2D eigenvalue weighted by Crippen LogP contribution is -2.61. The van der Waals surface area contributed by atoms with E-state index >= 15 is 0 Å².